The molecule has 0 saturated heterocycles. The standard InChI is InChI=1S/C16H27NO/c1-4-18-16(2,3)14-17-13-9-8-12-15-10-6-5-7-11-15/h5-7,10-11,17H,4,8-9,12-14H2,1-3H3. The molecule has 2 nitrogen and oxygen atoms in total. The van der Waals surface area contributed by atoms with Crippen molar-refractivity contribution in [2.24, 2.45) is 0 Å². The highest BCUT2D eigenvalue weighted by Gasteiger charge is 2.15. The summed E-state index contributed by atoms with van der Waals surface area (Å²) in [6.45, 7) is 9.08. The first-order valence-corrected chi connectivity index (χ1v) is 7.02. The van der Waals surface area contributed by atoms with Gasteiger partial charge in [0.15, 0.2) is 0 Å². The molecule has 0 fully saturated rings. The van der Waals surface area contributed by atoms with E-state index in [0.29, 0.717) is 0 Å². The smallest absolute Gasteiger partial charge is 0.0750 e. The molecule has 0 radical (unpaired) electrons. The van der Waals surface area contributed by atoms with E-state index in [1.807, 2.05) is 6.92 Å². The minimum Gasteiger partial charge on any atom is -0.375 e. The Labute approximate surface area is 112 Å². The van der Waals surface area contributed by atoms with Crippen molar-refractivity contribution in [1.82, 2.24) is 5.32 Å². The topological polar surface area (TPSA) is 21.3 Å². The summed E-state index contributed by atoms with van der Waals surface area (Å²) >= 11 is 0. The van der Waals surface area contributed by atoms with Crippen LogP contribution in [0, 0.1) is 0 Å². The second-order valence-electron chi connectivity index (χ2n) is 5.31. The number of ether oxygens (including phenoxy) is 1. The minimum atomic E-state index is -0.0474. The summed E-state index contributed by atoms with van der Waals surface area (Å²) in [6.07, 6.45) is 3.64. The Kier molecular flexibility index (Phi) is 6.99. The number of unbranched alkanes of at least 4 members (excludes halogenated alkanes) is 1. The molecule has 1 rings (SSSR count). The van der Waals surface area contributed by atoms with Crippen molar-refractivity contribution < 1.29 is 4.74 Å². The summed E-state index contributed by atoms with van der Waals surface area (Å²) in [7, 11) is 0. The molecular weight excluding hydrogens is 222 g/mol. The summed E-state index contributed by atoms with van der Waals surface area (Å²) in [6, 6.07) is 10.7. The molecule has 18 heavy (non-hydrogen) atoms. The molecule has 1 aromatic carbocycles. The van der Waals surface area contributed by atoms with Gasteiger partial charge in [-0.15, -0.1) is 0 Å². The van der Waals surface area contributed by atoms with E-state index in [9.17, 15) is 0 Å². The predicted octanol–water partition coefficient (Wildman–Crippen LogP) is 3.41. The number of hydrogen-bond acceptors (Lipinski definition) is 2. The van der Waals surface area contributed by atoms with Crippen molar-refractivity contribution in [2.45, 2.75) is 45.6 Å². The van der Waals surface area contributed by atoms with Crippen LogP contribution in [0.25, 0.3) is 0 Å². The van der Waals surface area contributed by atoms with Crippen molar-refractivity contribution in [2.75, 3.05) is 19.7 Å². The second kappa shape index (κ2) is 8.28. The van der Waals surface area contributed by atoms with E-state index in [-0.39, 0.29) is 5.60 Å². The average Bonchev–Trinajstić information content (AvgIpc) is 2.35. The van der Waals surface area contributed by atoms with E-state index < -0.39 is 0 Å². The third kappa shape index (κ3) is 6.77. The van der Waals surface area contributed by atoms with Crippen LogP contribution >= 0.6 is 0 Å². The van der Waals surface area contributed by atoms with Gasteiger partial charge in [-0.05, 0) is 52.1 Å². The van der Waals surface area contributed by atoms with Crippen LogP contribution in [0.4, 0.5) is 0 Å². The second-order valence-corrected chi connectivity index (χ2v) is 5.31. The van der Waals surface area contributed by atoms with Crippen LogP contribution in [-0.2, 0) is 11.2 Å². The van der Waals surface area contributed by atoms with Crippen LogP contribution in [0.2, 0.25) is 0 Å². The number of aryl methyl sites for hydroxylation is 1. The number of nitrogens with one attached hydrogen (secondary N) is 1. The normalized spacial score (nSPS) is 11.7. The highest BCUT2D eigenvalue weighted by atomic mass is 16.5. The Balaban J connectivity index is 2.02. The molecule has 0 aliphatic carbocycles. The zero-order valence-corrected chi connectivity index (χ0v) is 12.0. The van der Waals surface area contributed by atoms with Gasteiger partial charge in [0.25, 0.3) is 0 Å². The maximum Gasteiger partial charge on any atom is 0.0750 e. The highest BCUT2D eigenvalue weighted by Crippen LogP contribution is 2.07. The Hall–Kier alpha value is -0.860. The molecule has 0 amide bonds. The van der Waals surface area contributed by atoms with Gasteiger partial charge in [-0.2, -0.15) is 0 Å². The summed E-state index contributed by atoms with van der Waals surface area (Å²) < 4.78 is 5.64. The molecule has 0 aliphatic rings. The van der Waals surface area contributed by atoms with Gasteiger partial charge in [0.2, 0.25) is 0 Å². The SMILES string of the molecule is CCOC(C)(C)CNCCCCc1ccccc1. The molecule has 0 heterocycles. The molecule has 0 aromatic heterocycles. The van der Waals surface area contributed by atoms with E-state index in [1.165, 1.54) is 24.8 Å². The first kappa shape index (κ1) is 15.2. The summed E-state index contributed by atoms with van der Waals surface area (Å²) in [5.41, 5.74) is 1.39. The van der Waals surface area contributed by atoms with Crippen LogP contribution < -0.4 is 5.32 Å². The third-order valence-electron chi connectivity index (χ3n) is 3.00. The minimum absolute atomic E-state index is 0.0474. The fourth-order valence-corrected chi connectivity index (χ4v) is 2.05. The molecule has 0 unspecified atom stereocenters. The summed E-state index contributed by atoms with van der Waals surface area (Å²) in [4.78, 5) is 0. The first-order valence-electron chi connectivity index (χ1n) is 7.02. The quantitative estimate of drug-likeness (QED) is 0.677. The van der Waals surface area contributed by atoms with Gasteiger partial charge in [0.1, 0.15) is 0 Å². The Bertz CT molecular complexity index is 308. The van der Waals surface area contributed by atoms with Gasteiger partial charge < -0.3 is 10.1 Å². The van der Waals surface area contributed by atoms with Gasteiger partial charge in [0.05, 0.1) is 5.60 Å². The number of hydrogen-bond donors (Lipinski definition) is 1. The molecule has 2 heteroatoms. The molecule has 1 N–H and O–H groups in total. The van der Waals surface area contributed by atoms with E-state index in [4.69, 9.17) is 4.74 Å². The predicted molar refractivity (Wildman–Crippen MR) is 78.0 cm³/mol. The Morgan fingerprint density at radius 1 is 1.11 bits per heavy atom. The molecule has 1 aromatic rings. The van der Waals surface area contributed by atoms with Gasteiger partial charge in [-0.3, -0.25) is 0 Å². The number of rotatable bonds is 9. The fraction of sp³-hybridized carbons (Fsp3) is 0.625. The molecule has 0 aliphatic heterocycles. The maximum atomic E-state index is 5.64. The molecule has 0 bridgehead atoms. The lowest BCUT2D eigenvalue weighted by Crippen LogP contribution is -2.38. The van der Waals surface area contributed by atoms with Gasteiger partial charge in [-0.1, -0.05) is 30.3 Å². The van der Waals surface area contributed by atoms with Crippen LogP contribution in [0.15, 0.2) is 30.3 Å². The monoisotopic (exact) mass is 249 g/mol. The fourth-order valence-electron chi connectivity index (χ4n) is 2.05. The van der Waals surface area contributed by atoms with Gasteiger partial charge in [-0.25, -0.2) is 0 Å². The average molecular weight is 249 g/mol. The first-order chi connectivity index (χ1) is 8.64. The van der Waals surface area contributed by atoms with Crippen molar-refractivity contribution in [3.05, 3.63) is 35.9 Å². The molecule has 0 saturated carbocycles. The molecule has 102 valence electrons. The lowest BCUT2D eigenvalue weighted by Gasteiger charge is -2.25. The molecular formula is C16H27NO. The zero-order valence-electron chi connectivity index (χ0n) is 12.0. The Morgan fingerprint density at radius 3 is 2.50 bits per heavy atom. The van der Waals surface area contributed by atoms with Gasteiger partial charge >= 0.3 is 0 Å². The van der Waals surface area contributed by atoms with E-state index in [2.05, 4.69) is 49.5 Å². The lowest BCUT2D eigenvalue weighted by atomic mass is 10.1. The summed E-state index contributed by atoms with van der Waals surface area (Å²) in [5.74, 6) is 0. The van der Waals surface area contributed by atoms with E-state index in [1.54, 1.807) is 0 Å². The van der Waals surface area contributed by atoms with E-state index >= 15 is 0 Å². The maximum absolute atomic E-state index is 5.64. The van der Waals surface area contributed by atoms with Crippen molar-refractivity contribution in [1.29, 1.82) is 0 Å². The van der Waals surface area contributed by atoms with Crippen LogP contribution in [0.5, 0.6) is 0 Å². The lowest BCUT2D eigenvalue weighted by molar-refractivity contribution is -0.00867. The van der Waals surface area contributed by atoms with E-state index in [0.717, 1.165) is 19.7 Å². The highest BCUT2D eigenvalue weighted by molar-refractivity contribution is 5.14. The largest absolute Gasteiger partial charge is 0.375 e. The van der Waals surface area contributed by atoms with Crippen molar-refractivity contribution in [3.8, 4) is 0 Å². The molecule has 0 atom stereocenters. The summed E-state index contributed by atoms with van der Waals surface area (Å²) in [5, 5.41) is 3.47. The Morgan fingerprint density at radius 2 is 1.83 bits per heavy atom. The van der Waals surface area contributed by atoms with Crippen LogP contribution in [0.1, 0.15) is 39.2 Å². The van der Waals surface area contributed by atoms with Gasteiger partial charge in [0, 0.05) is 13.2 Å². The number of benzene rings is 1. The third-order valence-corrected chi connectivity index (χ3v) is 3.00. The molecule has 0 spiro atoms. The zero-order chi connectivity index (χ0) is 13.3. The van der Waals surface area contributed by atoms with Crippen LogP contribution in [-0.4, -0.2) is 25.3 Å². The van der Waals surface area contributed by atoms with Crippen molar-refractivity contribution >= 4 is 0 Å². The van der Waals surface area contributed by atoms with Crippen LogP contribution in [0.3, 0.4) is 0 Å². The van der Waals surface area contributed by atoms with Crippen molar-refractivity contribution in [3.63, 3.8) is 0 Å².